The molecule has 28 heavy (non-hydrogen) atoms. The average molecular weight is 401 g/mol. The Labute approximate surface area is 166 Å². The second-order valence-electron chi connectivity index (χ2n) is 5.75. The number of amides is 1. The third kappa shape index (κ3) is 5.11. The van der Waals surface area contributed by atoms with Crippen molar-refractivity contribution in [1.82, 2.24) is 4.98 Å². The van der Waals surface area contributed by atoms with Crippen LogP contribution in [0, 0.1) is 0 Å². The molecule has 1 N–H and O–H groups in total. The predicted molar refractivity (Wildman–Crippen MR) is 102 cm³/mol. The van der Waals surface area contributed by atoms with Gasteiger partial charge in [-0.15, -0.1) is 0 Å². The molecule has 0 saturated heterocycles. The van der Waals surface area contributed by atoms with Crippen LogP contribution in [0.1, 0.15) is 23.2 Å². The van der Waals surface area contributed by atoms with Crippen LogP contribution in [0.15, 0.2) is 65.2 Å². The summed E-state index contributed by atoms with van der Waals surface area (Å²) in [5.74, 6) is -0.184. The number of carbonyl (C=O) groups is 2. The highest BCUT2D eigenvalue weighted by Crippen LogP contribution is 2.18. The number of benzene rings is 1. The first-order valence-electron chi connectivity index (χ1n) is 8.42. The zero-order valence-electron chi connectivity index (χ0n) is 14.9. The van der Waals surface area contributed by atoms with Crippen molar-refractivity contribution in [3.63, 3.8) is 0 Å². The summed E-state index contributed by atoms with van der Waals surface area (Å²) in [5.41, 5.74) is 0.329. The number of para-hydroxylation sites is 1. The van der Waals surface area contributed by atoms with Gasteiger partial charge >= 0.3 is 5.97 Å². The van der Waals surface area contributed by atoms with E-state index in [1.54, 1.807) is 18.2 Å². The van der Waals surface area contributed by atoms with Gasteiger partial charge in [-0.25, -0.2) is 9.78 Å². The fourth-order valence-corrected chi connectivity index (χ4v) is 2.39. The smallest absolute Gasteiger partial charge is 0.375 e. The number of esters is 1. The number of nitrogens with zero attached hydrogens (tertiary/aromatic N) is 1. The highest BCUT2D eigenvalue weighted by molar-refractivity contribution is 6.32. The fourth-order valence-electron chi connectivity index (χ4n) is 2.22. The summed E-state index contributed by atoms with van der Waals surface area (Å²) in [5, 5.41) is 2.69. The first kappa shape index (κ1) is 19.4. The van der Waals surface area contributed by atoms with Crippen LogP contribution < -0.4 is 10.1 Å². The molecule has 3 rings (SSSR count). The Morgan fingerprint density at radius 1 is 1.14 bits per heavy atom. The lowest BCUT2D eigenvalue weighted by molar-refractivity contribution is -0.123. The molecule has 7 nitrogen and oxygen atoms in total. The van der Waals surface area contributed by atoms with Crippen LogP contribution in [0.4, 0.5) is 5.69 Å². The van der Waals surface area contributed by atoms with Gasteiger partial charge in [-0.3, -0.25) is 4.79 Å². The number of hydrogen-bond acceptors (Lipinski definition) is 6. The van der Waals surface area contributed by atoms with E-state index >= 15 is 0 Å². The SMILES string of the molecule is C[C@@H](OC(=O)c1ccc(COc2ccccc2)o1)C(=O)Nc1cccnc1Cl. The van der Waals surface area contributed by atoms with Crippen molar-refractivity contribution in [1.29, 1.82) is 0 Å². The molecule has 3 aromatic rings. The molecule has 0 saturated carbocycles. The summed E-state index contributed by atoms with van der Waals surface area (Å²) >= 11 is 5.89. The summed E-state index contributed by atoms with van der Waals surface area (Å²) in [6, 6.07) is 15.5. The molecule has 0 unspecified atom stereocenters. The van der Waals surface area contributed by atoms with Gasteiger partial charge in [-0.1, -0.05) is 29.8 Å². The summed E-state index contributed by atoms with van der Waals surface area (Å²) in [4.78, 5) is 28.2. The molecule has 0 aliphatic rings. The number of furan rings is 1. The van der Waals surface area contributed by atoms with Crippen LogP contribution in [-0.2, 0) is 16.1 Å². The van der Waals surface area contributed by atoms with Gasteiger partial charge in [-0.2, -0.15) is 0 Å². The fraction of sp³-hybridized carbons (Fsp3) is 0.150. The summed E-state index contributed by atoms with van der Waals surface area (Å²) in [7, 11) is 0. The molecule has 0 aliphatic heterocycles. The highest BCUT2D eigenvalue weighted by atomic mass is 35.5. The maximum atomic E-state index is 12.2. The van der Waals surface area contributed by atoms with Gasteiger partial charge in [0.25, 0.3) is 5.91 Å². The topological polar surface area (TPSA) is 90.7 Å². The van der Waals surface area contributed by atoms with Gasteiger partial charge in [0.15, 0.2) is 11.3 Å². The third-order valence-electron chi connectivity index (χ3n) is 3.66. The molecule has 1 amide bonds. The van der Waals surface area contributed by atoms with E-state index in [0.717, 1.165) is 0 Å². The van der Waals surface area contributed by atoms with Crippen LogP contribution in [0.5, 0.6) is 5.75 Å². The molecule has 1 aromatic carbocycles. The summed E-state index contributed by atoms with van der Waals surface area (Å²) in [6.45, 7) is 1.60. The zero-order chi connectivity index (χ0) is 19.9. The van der Waals surface area contributed by atoms with E-state index in [1.807, 2.05) is 30.3 Å². The van der Waals surface area contributed by atoms with Crippen molar-refractivity contribution in [3.05, 3.63) is 77.5 Å². The zero-order valence-corrected chi connectivity index (χ0v) is 15.7. The molecule has 2 aromatic heterocycles. The van der Waals surface area contributed by atoms with Crippen LogP contribution in [0.3, 0.4) is 0 Å². The number of anilines is 1. The van der Waals surface area contributed by atoms with Crippen molar-refractivity contribution in [2.45, 2.75) is 19.6 Å². The molecule has 144 valence electrons. The van der Waals surface area contributed by atoms with Gasteiger partial charge in [0.05, 0.1) is 5.69 Å². The van der Waals surface area contributed by atoms with E-state index in [9.17, 15) is 9.59 Å². The molecular formula is C20H17ClN2O5. The Morgan fingerprint density at radius 2 is 1.93 bits per heavy atom. The van der Waals surface area contributed by atoms with E-state index in [2.05, 4.69) is 10.3 Å². The standard InChI is InChI=1S/C20H17ClN2O5/c1-13(19(24)23-16-8-5-11-22-18(16)21)27-20(25)17-10-9-15(28-17)12-26-14-6-3-2-4-7-14/h2-11,13H,12H2,1H3,(H,23,24)/t13-/m1/s1. The summed E-state index contributed by atoms with van der Waals surface area (Å²) < 4.78 is 16.1. The molecule has 2 heterocycles. The van der Waals surface area contributed by atoms with E-state index < -0.39 is 18.0 Å². The first-order chi connectivity index (χ1) is 13.5. The van der Waals surface area contributed by atoms with Gasteiger partial charge in [-0.05, 0) is 43.3 Å². The highest BCUT2D eigenvalue weighted by Gasteiger charge is 2.22. The first-order valence-corrected chi connectivity index (χ1v) is 8.79. The lowest BCUT2D eigenvalue weighted by atomic mass is 10.3. The maximum absolute atomic E-state index is 12.2. The predicted octanol–water partition coefficient (Wildman–Crippen LogP) is 4.09. The molecule has 8 heteroatoms. The van der Waals surface area contributed by atoms with Crippen molar-refractivity contribution in [2.75, 3.05) is 5.32 Å². The number of pyridine rings is 1. The van der Waals surface area contributed by atoms with E-state index in [0.29, 0.717) is 17.2 Å². The van der Waals surface area contributed by atoms with Crippen molar-refractivity contribution in [3.8, 4) is 5.75 Å². The normalized spacial score (nSPS) is 11.5. The third-order valence-corrected chi connectivity index (χ3v) is 3.96. The molecule has 0 bridgehead atoms. The number of aromatic nitrogens is 1. The van der Waals surface area contributed by atoms with Crippen molar-refractivity contribution >= 4 is 29.2 Å². The molecular weight excluding hydrogens is 384 g/mol. The van der Waals surface area contributed by atoms with Crippen molar-refractivity contribution < 1.29 is 23.5 Å². The Morgan fingerprint density at radius 3 is 2.68 bits per heavy atom. The van der Waals surface area contributed by atoms with Gasteiger partial charge in [0.2, 0.25) is 5.76 Å². The largest absolute Gasteiger partial charge is 0.486 e. The Kier molecular flexibility index (Phi) is 6.29. The number of hydrogen-bond donors (Lipinski definition) is 1. The van der Waals surface area contributed by atoms with Crippen LogP contribution in [0.2, 0.25) is 5.15 Å². The second kappa shape index (κ2) is 9.05. The van der Waals surface area contributed by atoms with E-state index in [-0.39, 0.29) is 17.5 Å². The summed E-state index contributed by atoms with van der Waals surface area (Å²) in [6.07, 6.45) is 0.440. The minimum atomic E-state index is -1.06. The minimum absolute atomic E-state index is 0.0225. The lowest BCUT2D eigenvalue weighted by Crippen LogP contribution is -2.30. The Bertz CT molecular complexity index is 958. The molecule has 0 radical (unpaired) electrons. The Balaban J connectivity index is 1.53. The average Bonchev–Trinajstić information content (AvgIpc) is 3.18. The number of halogens is 1. The minimum Gasteiger partial charge on any atom is -0.486 e. The molecule has 0 spiro atoms. The number of nitrogens with one attached hydrogen (secondary N) is 1. The quantitative estimate of drug-likeness (QED) is 0.474. The number of ether oxygens (including phenoxy) is 2. The van der Waals surface area contributed by atoms with E-state index in [1.165, 1.54) is 19.2 Å². The molecule has 0 fully saturated rings. The Hall–Kier alpha value is -3.32. The molecule has 0 aliphatic carbocycles. The van der Waals surface area contributed by atoms with Crippen LogP contribution in [-0.4, -0.2) is 23.0 Å². The van der Waals surface area contributed by atoms with Gasteiger partial charge in [0, 0.05) is 6.20 Å². The molecule has 1 atom stereocenters. The van der Waals surface area contributed by atoms with Gasteiger partial charge in [0.1, 0.15) is 18.1 Å². The van der Waals surface area contributed by atoms with Crippen LogP contribution >= 0.6 is 11.6 Å². The van der Waals surface area contributed by atoms with Crippen molar-refractivity contribution in [2.24, 2.45) is 0 Å². The lowest BCUT2D eigenvalue weighted by Gasteiger charge is -2.13. The number of carbonyl (C=O) groups excluding carboxylic acids is 2. The van der Waals surface area contributed by atoms with E-state index in [4.69, 9.17) is 25.5 Å². The maximum Gasteiger partial charge on any atom is 0.375 e. The van der Waals surface area contributed by atoms with Crippen LogP contribution in [0.25, 0.3) is 0 Å². The number of rotatable bonds is 7. The monoisotopic (exact) mass is 400 g/mol. The van der Waals surface area contributed by atoms with Gasteiger partial charge < -0.3 is 19.2 Å². The second-order valence-corrected chi connectivity index (χ2v) is 6.10.